The van der Waals surface area contributed by atoms with Crippen molar-refractivity contribution in [2.45, 2.75) is 51.0 Å². The van der Waals surface area contributed by atoms with Gasteiger partial charge < -0.3 is 5.32 Å². The molecule has 1 atom stereocenters. The minimum absolute atomic E-state index is 0.639. The molecule has 0 saturated heterocycles. The lowest BCUT2D eigenvalue weighted by Gasteiger charge is -2.52. The molecule has 1 spiro atoms. The van der Waals surface area contributed by atoms with Gasteiger partial charge in [0.15, 0.2) is 0 Å². The molecule has 92 valence electrons. The van der Waals surface area contributed by atoms with Crippen LogP contribution >= 0.6 is 15.9 Å². The van der Waals surface area contributed by atoms with Gasteiger partial charge in [-0.15, -0.1) is 0 Å². The summed E-state index contributed by atoms with van der Waals surface area (Å²) in [5, 5.41) is 3.75. The van der Waals surface area contributed by atoms with Crippen LogP contribution in [-0.2, 0) is 0 Å². The van der Waals surface area contributed by atoms with Crippen molar-refractivity contribution in [3.8, 4) is 0 Å². The fourth-order valence-electron chi connectivity index (χ4n) is 3.56. The van der Waals surface area contributed by atoms with E-state index in [0.29, 0.717) is 5.41 Å². The molecule has 2 heteroatoms. The normalized spacial score (nSPS) is 26.5. The Kier molecular flexibility index (Phi) is 3.16. The molecule has 0 amide bonds. The Morgan fingerprint density at radius 2 is 1.94 bits per heavy atom. The highest BCUT2D eigenvalue weighted by Crippen LogP contribution is 2.52. The first-order valence-electron chi connectivity index (χ1n) is 6.81. The Morgan fingerprint density at radius 3 is 2.59 bits per heavy atom. The molecule has 3 rings (SSSR count). The number of benzene rings is 1. The average Bonchev–Trinajstić information content (AvgIpc) is 2.36. The predicted molar refractivity (Wildman–Crippen MR) is 76.3 cm³/mol. The molecule has 17 heavy (non-hydrogen) atoms. The lowest BCUT2D eigenvalue weighted by Crippen LogP contribution is -2.50. The van der Waals surface area contributed by atoms with E-state index in [1.54, 1.807) is 0 Å². The van der Waals surface area contributed by atoms with Gasteiger partial charge in [0.2, 0.25) is 0 Å². The molecule has 1 aromatic rings. The number of nitrogens with one attached hydrogen (secondary N) is 1. The van der Waals surface area contributed by atoms with E-state index < -0.39 is 0 Å². The lowest BCUT2D eigenvalue weighted by molar-refractivity contribution is 0.0571. The van der Waals surface area contributed by atoms with Crippen molar-refractivity contribution in [2.75, 3.05) is 5.32 Å². The molecule has 2 aliphatic carbocycles. The molecule has 0 radical (unpaired) electrons. The van der Waals surface area contributed by atoms with Crippen molar-refractivity contribution in [3.05, 3.63) is 28.7 Å². The maximum Gasteiger partial charge on any atom is 0.0353 e. The van der Waals surface area contributed by atoms with Crippen molar-refractivity contribution < 1.29 is 0 Å². The molecule has 2 saturated carbocycles. The van der Waals surface area contributed by atoms with Gasteiger partial charge in [-0.2, -0.15) is 0 Å². The highest BCUT2D eigenvalue weighted by Gasteiger charge is 2.46. The van der Waals surface area contributed by atoms with E-state index in [-0.39, 0.29) is 0 Å². The summed E-state index contributed by atoms with van der Waals surface area (Å²) in [6.45, 7) is 0. The third-order valence-electron chi connectivity index (χ3n) is 4.68. The summed E-state index contributed by atoms with van der Waals surface area (Å²) in [6.07, 6.45) is 10.0. The summed E-state index contributed by atoms with van der Waals surface area (Å²) >= 11 is 3.54. The number of hydrogen-bond donors (Lipinski definition) is 1. The standard InChI is InChI=1S/C15H20BrN/c16-12-5-4-6-13(11-12)17-14-7-10-15(14)8-2-1-3-9-15/h4-6,11,14,17H,1-3,7-10H2. The van der Waals surface area contributed by atoms with Gasteiger partial charge in [0.05, 0.1) is 0 Å². The first-order valence-corrected chi connectivity index (χ1v) is 7.60. The van der Waals surface area contributed by atoms with Crippen LogP contribution in [-0.4, -0.2) is 6.04 Å². The van der Waals surface area contributed by atoms with Gasteiger partial charge in [0, 0.05) is 16.2 Å². The van der Waals surface area contributed by atoms with Gasteiger partial charge in [0.1, 0.15) is 0 Å². The number of halogens is 1. The van der Waals surface area contributed by atoms with Crippen LogP contribution in [0.25, 0.3) is 0 Å². The number of anilines is 1. The van der Waals surface area contributed by atoms with Crippen LogP contribution in [0.3, 0.4) is 0 Å². The largest absolute Gasteiger partial charge is 0.382 e. The van der Waals surface area contributed by atoms with Crippen LogP contribution in [0.4, 0.5) is 5.69 Å². The zero-order valence-corrected chi connectivity index (χ0v) is 11.8. The Labute approximate surface area is 112 Å². The van der Waals surface area contributed by atoms with Gasteiger partial charge in [-0.05, 0) is 49.3 Å². The quantitative estimate of drug-likeness (QED) is 0.811. The maximum absolute atomic E-state index is 3.75. The highest BCUT2D eigenvalue weighted by molar-refractivity contribution is 9.10. The van der Waals surface area contributed by atoms with Crippen LogP contribution in [0.2, 0.25) is 0 Å². The molecule has 0 bridgehead atoms. The van der Waals surface area contributed by atoms with Crippen molar-refractivity contribution in [2.24, 2.45) is 5.41 Å². The Bertz CT molecular complexity index is 396. The first-order chi connectivity index (χ1) is 8.28. The minimum atomic E-state index is 0.639. The van der Waals surface area contributed by atoms with Crippen molar-refractivity contribution >= 4 is 21.6 Å². The second-order valence-corrected chi connectivity index (χ2v) is 6.58. The number of hydrogen-bond acceptors (Lipinski definition) is 1. The van der Waals surface area contributed by atoms with Crippen LogP contribution in [0.5, 0.6) is 0 Å². The summed E-state index contributed by atoms with van der Waals surface area (Å²) in [5.74, 6) is 0. The lowest BCUT2D eigenvalue weighted by atomic mass is 9.57. The Hall–Kier alpha value is -0.500. The minimum Gasteiger partial charge on any atom is -0.382 e. The average molecular weight is 294 g/mol. The fourth-order valence-corrected chi connectivity index (χ4v) is 3.96. The van der Waals surface area contributed by atoms with Crippen molar-refractivity contribution in [1.82, 2.24) is 0 Å². The monoisotopic (exact) mass is 293 g/mol. The third kappa shape index (κ3) is 2.24. The molecule has 1 unspecified atom stereocenters. The first kappa shape index (κ1) is 11.6. The summed E-state index contributed by atoms with van der Waals surface area (Å²) in [7, 11) is 0. The topological polar surface area (TPSA) is 12.0 Å². The Balaban J connectivity index is 1.69. The molecule has 2 aliphatic rings. The van der Waals surface area contributed by atoms with E-state index in [1.165, 1.54) is 55.1 Å². The van der Waals surface area contributed by atoms with Crippen LogP contribution in [0, 0.1) is 5.41 Å². The molecular weight excluding hydrogens is 274 g/mol. The van der Waals surface area contributed by atoms with Gasteiger partial charge in [-0.1, -0.05) is 41.3 Å². The zero-order chi connectivity index (χ0) is 11.7. The van der Waals surface area contributed by atoms with E-state index >= 15 is 0 Å². The second-order valence-electron chi connectivity index (χ2n) is 5.67. The predicted octanol–water partition coefficient (Wildman–Crippen LogP) is 4.97. The second kappa shape index (κ2) is 4.64. The van der Waals surface area contributed by atoms with Crippen molar-refractivity contribution in [3.63, 3.8) is 0 Å². The van der Waals surface area contributed by atoms with Gasteiger partial charge in [-0.3, -0.25) is 0 Å². The molecule has 0 aromatic heterocycles. The molecule has 1 nitrogen and oxygen atoms in total. The van der Waals surface area contributed by atoms with Crippen LogP contribution in [0.15, 0.2) is 28.7 Å². The molecule has 2 fully saturated rings. The molecule has 0 aliphatic heterocycles. The Morgan fingerprint density at radius 1 is 1.12 bits per heavy atom. The summed E-state index contributed by atoms with van der Waals surface area (Å²) in [4.78, 5) is 0. The van der Waals surface area contributed by atoms with E-state index in [1.807, 2.05) is 0 Å². The van der Waals surface area contributed by atoms with E-state index in [2.05, 4.69) is 45.5 Å². The van der Waals surface area contributed by atoms with Crippen LogP contribution in [0.1, 0.15) is 44.9 Å². The van der Waals surface area contributed by atoms with Crippen molar-refractivity contribution in [1.29, 1.82) is 0 Å². The van der Waals surface area contributed by atoms with Gasteiger partial charge >= 0.3 is 0 Å². The smallest absolute Gasteiger partial charge is 0.0353 e. The van der Waals surface area contributed by atoms with E-state index in [9.17, 15) is 0 Å². The highest BCUT2D eigenvalue weighted by atomic mass is 79.9. The maximum atomic E-state index is 3.75. The third-order valence-corrected chi connectivity index (χ3v) is 5.18. The molecule has 0 heterocycles. The number of rotatable bonds is 2. The summed E-state index contributed by atoms with van der Waals surface area (Å²) in [6, 6.07) is 9.28. The molecule has 1 N–H and O–H groups in total. The fraction of sp³-hybridized carbons (Fsp3) is 0.600. The van der Waals surface area contributed by atoms with Crippen LogP contribution < -0.4 is 5.32 Å². The zero-order valence-electron chi connectivity index (χ0n) is 10.2. The van der Waals surface area contributed by atoms with E-state index in [0.717, 1.165) is 6.04 Å². The SMILES string of the molecule is Brc1cccc(NC2CCC23CCCCC3)c1. The molecular formula is C15H20BrN. The van der Waals surface area contributed by atoms with Gasteiger partial charge in [-0.25, -0.2) is 0 Å². The molecule has 1 aromatic carbocycles. The van der Waals surface area contributed by atoms with E-state index in [4.69, 9.17) is 0 Å². The van der Waals surface area contributed by atoms with Gasteiger partial charge in [0.25, 0.3) is 0 Å². The summed E-state index contributed by atoms with van der Waals surface area (Å²) < 4.78 is 1.17. The summed E-state index contributed by atoms with van der Waals surface area (Å²) in [5.41, 5.74) is 1.91.